The molecule has 7 nitrogen and oxygen atoms in total. The van der Waals surface area contributed by atoms with Gasteiger partial charge in [-0.15, -0.1) is 0 Å². The Kier molecular flexibility index (Phi) is 7.05. The highest BCUT2D eigenvalue weighted by atomic mass is 16.5. The zero-order valence-corrected chi connectivity index (χ0v) is 15.6. The topological polar surface area (TPSA) is 94.1 Å². The van der Waals surface area contributed by atoms with E-state index in [4.69, 9.17) is 14.2 Å². The summed E-state index contributed by atoms with van der Waals surface area (Å²) >= 11 is 0. The summed E-state index contributed by atoms with van der Waals surface area (Å²) in [6, 6.07) is 10.4. The van der Waals surface area contributed by atoms with Crippen molar-refractivity contribution in [2.75, 3.05) is 20.8 Å². The number of nitrogens with one attached hydrogen (secondary N) is 1. The fraction of sp³-hybridized carbons (Fsp3) is 0.300. The van der Waals surface area contributed by atoms with Crippen LogP contribution in [0.4, 0.5) is 0 Å². The van der Waals surface area contributed by atoms with E-state index in [1.54, 1.807) is 31.4 Å². The molecule has 0 spiro atoms. The number of carbonyl (C=O) groups excluding carboxylic acids is 1. The van der Waals surface area contributed by atoms with E-state index in [-0.39, 0.29) is 24.3 Å². The molecule has 0 aliphatic heterocycles. The summed E-state index contributed by atoms with van der Waals surface area (Å²) in [6.07, 6.45) is -0.317. The van der Waals surface area contributed by atoms with Crippen LogP contribution in [0.15, 0.2) is 36.4 Å². The lowest BCUT2D eigenvalue weighted by atomic mass is 10.0. The third kappa shape index (κ3) is 5.37. The highest BCUT2D eigenvalue weighted by molar-refractivity contribution is 5.99. The molecule has 7 heteroatoms. The molecule has 2 aromatic carbocycles. The molecule has 2 rings (SSSR count). The fourth-order valence-electron chi connectivity index (χ4n) is 2.63. The maximum Gasteiger partial charge on any atom is 0.307 e. The lowest BCUT2D eigenvalue weighted by Crippen LogP contribution is -2.25. The van der Waals surface area contributed by atoms with Gasteiger partial charge in [0.1, 0.15) is 17.2 Å². The highest BCUT2D eigenvalue weighted by Crippen LogP contribution is 2.29. The lowest BCUT2D eigenvalue weighted by Gasteiger charge is -2.16. The summed E-state index contributed by atoms with van der Waals surface area (Å²) in [6.45, 7) is 2.52. The van der Waals surface area contributed by atoms with Gasteiger partial charge in [-0.05, 0) is 36.2 Å². The molecule has 0 bridgehead atoms. The standard InChI is InChI=1S/C20H23NO6/c1-4-27-16-9-14(10-18(22)23)19(17(11-16)26-3)20(24)21-12-13-5-7-15(25-2)8-6-13/h5-9,11H,4,10,12H2,1-3H3,(H,21,24)(H,22,23). The van der Waals surface area contributed by atoms with Gasteiger partial charge in [-0.25, -0.2) is 0 Å². The van der Waals surface area contributed by atoms with E-state index in [1.165, 1.54) is 7.11 Å². The van der Waals surface area contributed by atoms with E-state index in [0.29, 0.717) is 17.9 Å². The predicted molar refractivity (Wildman–Crippen MR) is 99.7 cm³/mol. The van der Waals surface area contributed by atoms with Crippen molar-refractivity contribution in [1.29, 1.82) is 0 Å². The van der Waals surface area contributed by atoms with Gasteiger partial charge in [-0.2, -0.15) is 0 Å². The predicted octanol–water partition coefficient (Wildman–Crippen LogP) is 2.66. The zero-order chi connectivity index (χ0) is 19.8. The van der Waals surface area contributed by atoms with Crippen molar-refractivity contribution in [3.8, 4) is 17.2 Å². The minimum atomic E-state index is -1.05. The number of hydrogen-bond donors (Lipinski definition) is 2. The van der Waals surface area contributed by atoms with Gasteiger partial charge >= 0.3 is 5.97 Å². The van der Waals surface area contributed by atoms with Crippen LogP contribution in [0.1, 0.15) is 28.4 Å². The van der Waals surface area contributed by atoms with E-state index >= 15 is 0 Å². The van der Waals surface area contributed by atoms with E-state index in [9.17, 15) is 14.7 Å². The van der Waals surface area contributed by atoms with Crippen LogP contribution in [0.5, 0.6) is 17.2 Å². The second-order valence-corrected chi connectivity index (χ2v) is 5.69. The summed E-state index contributed by atoms with van der Waals surface area (Å²) < 4.78 is 15.9. The molecular weight excluding hydrogens is 350 g/mol. The van der Waals surface area contributed by atoms with Gasteiger partial charge in [0, 0.05) is 12.6 Å². The Balaban J connectivity index is 2.27. The van der Waals surface area contributed by atoms with Crippen LogP contribution in [-0.4, -0.2) is 37.8 Å². The smallest absolute Gasteiger partial charge is 0.307 e. The SMILES string of the molecule is CCOc1cc(CC(=O)O)c(C(=O)NCc2ccc(OC)cc2)c(OC)c1. The summed E-state index contributed by atoms with van der Waals surface area (Å²) in [5, 5.41) is 12.0. The third-order valence-corrected chi connectivity index (χ3v) is 3.87. The number of amides is 1. The van der Waals surface area contributed by atoms with Crippen LogP contribution in [0.3, 0.4) is 0 Å². The minimum absolute atomic E-state index is 0.192. The van der Waals surface area contributed by atoms with Crippen molar-refractivity contribution >= 4 is 11.9 Å². The molecule has 0 fully saturated rings. The fourth-order valence-corrected chi connectivity index (χ4v) is 2.63. The second kappa shape index (κ2) is 9.47. The van der Waals surface area contributed by atoms with E-state index in [0.717, 1.165) is 11.3 Å². The van der Waals surface area contributed by atoms with Crippen molar-refractivity contribution < 1.29 is 28.9 Å². The molecule has 0 aromatic heterocycles. The van der Waals surface area contributed by atoms with Crippen molar-refractivity contribution in [2.24, 2.45) is 0 Å². The molecule has 144 valence electrons. The number of aliphatic carboxylic acids is 1. The lowest BCUT2D eigenvalue weighted by molar-refractivity contribution is -0.136. The first-order valence-corrected chi connectivity index (χ1v) is 8.45. The first-order chi connectivity index (χ1) is 13.0. The van der Waals surface area contributed by atoms with E-state index < -0.39 is 11.9 Å². The van der Waals surface area contributed by atoms with E-state index in [1.807, 2.05) is 19.1 Å². The van der Waals surface area contributed by atoms with Crippen LogP contribution < -0.4 is 19.5 Å². The van der Waals surface area contributed by atoms with Crippen LogP contribution in [0.2, 0.25) is 0 Å². The Labute approximate surface area is 157 Å². The molecule has 1 amide bonds. The molecule has 2 aromatic rings. The van der Waals surface area contributed by atoms with Gasteiger partial charge in [-0.1, -0.05) is 12.1 Å². The Morgan fingerprint density at radius 2 is 1.74 bits per heavy atom. The molecule has 0 aliphatic rings. The monoisotopic (exact) mass is 373 g/mol. The maximum absolute atomic E-state index is 12.7. The summed E-state index contributed by atoms with van der Waals surface area (Å²) in [7, 11) is 3.01. The largest absolute Gasteiger partial charge is 0.497 e. The number of carboxylic acids is 1. The quantitative estimate of drug-likeness (QED) is 0.702. The van der Waals surface area contributed by atoms with Crippen LogP contribution in [0.25, 0.3) is 0 Å². The first kappa shape index (κ1) is 20.1. The number of hydrogen-bond acceptors (Lipinski definition) is 5. The number of carbonyl (C=O) groups is 2. The Morgan fingerprint density at radius 1 is 1.04 bits per heavy atom. The van der Waals surface area contributed by atoms with Gasteiger partial charge in [0.2, 0.25) is 0 Å². The van der Waals surface area contributed by atoms with Crippen LogP contribution in [0, 0.1) is 0 Å². The van der Waals surface area contributed by atoms with Crippen LogP contribution in [-0.2, 0) is 17.8 Å². The zero-order valence-electron chi connectivity index (χ0n) is 15.6. The van der Waals surface area contributed by atoms with Gasteiger partial charge in [0.05, 0.1) is 32.8 Å². The van der Waals surface area contributed by atoms with Crippen molar-refractivity contribution in [1.82, 2.24) is 5.32 Å². The third-order valence-electron chi connectivity index (χ3n) is 3.87. The molecular formula is C20H23NO6. The molecule has 0 heterocycles. The first-order valence-electron chi connectivity index (χ1n) is 8.45. The second-order valence-electron chi connectivity index (χ2n) is 5.69. The number of ether oxygens (including phenoxy) is 3. The highest BCUT2D eigenvalue weighted by Gasteiger charge is 2.21. The number of methoxy groups -OCH3 is 2. The summed E-state index contributed by atoms with van der Waals surface area (Å²) in [5.74, 6) is -0.0133. The summed E-state index contributed by atoms with van der Waals surface area (Å²) in [4.78, 5) is 24.0. The Bertz CT molecular complexity index is 801. The van der Waals surface area contributed by atoms with Crippen molar-refractivity contribution in [3.63, 3.8) is 0 Å². The molecule has 0 atom stereocenters. The van der Waals surface area contributed by atoms with E-state index in [2.05, 4.69) is 5.32 Å². The molecule has 2 N–H and O–H groups in total. The maximum atomic E-state index is 12.7. The molecule has 0 aliphatic carbocycles. The Morgan fingerprint density at radius 3 is 2.30 bits per heavy atom. The Hall–Kier alpha value is -3.22. The summed E-state index contributed by atoms with van der Waals surface area (Å²) in [5.41, 5.74) is 1.41. The van der Waals surface area contributed by atoms with Gasteiger partial charge in [-0.3, -0.25) is 9.59 Å². The number of benzene rings is 2. The normalized spacial score (nSPS) is 10.2. The molecule has 27 heavy (non-hydrogen) atoms. The minimum Gasteiger partial charge on any atom is -0.497 e. The van der Waals surface area contributed by atoms with Crippen molar-refractivity contribution in [2.45, 2.75) is 19.9 Å². The number of rotatable bonds is 9. The van der Waals surface area contributed by atoms with Gasteiger partial charge < -0.3 is 24.6 Å². The van der Waals surface area contributed by atoms with Crippen LogP contribution >= 0.6 is 0 Å². The van der Waals surface area contributed by atoms with Gasteiger partial charge in [0.15, 0.2) is 0 Å². The molecule has 0 saturated carbocycles. The van der Waals surface area contributed by atoms with Crippen molar-refractivity contribution in [3.05, 3.63) is 53.1 Å². The molecule has 0 saturated heterocycles. The average molecular weight is 373 g/mol. The number of carboxylic acid groups (broad SMARTS) is 1. The molecule has 0 radical (unpaired) electrons. The van der Waals surface area contributed by atoms with Gasteiger partial charge in [0.25, 0.3) is 5.91 Å². The molecule has 0 unspecified atom stereocenters. The average Bonchev–Trinajstić information content (AvgIpc) is 2.65.